The second-order valence-electron chi connectivity index (χ2n) is 5.05. The zero-order valence-corrected chi connectivity index (χ0v) is 12.0. The molecule has 20 heavy (non-hydrogen) atoms. The van der Waals surface area contributed by atoms with Gasteiger partial charge in [0.15, 0.2) is 0 Å². The lowest BCUT2D eigenvalue weighted by atomic mass is 10.0. The van der Waals surface area contributed by atoms with Crippen molar-refractivity contribution < 1.29 is 9.90 Å². The molecule has 3 nitrogen and oxygen atoms in total. The van der Waals surface area contributed by atoms with E-state index < -0.39 is 0 Å². The minimum Gasteiger partial charge on any atom is -0.508 e. The summed E-state index contributed by atoms with van der Waals surface area (Å²) in [5.74, 6) is 0.0456. The first-order valence-electron chi connectivity index (χ1n) is 6.65. The number of nitrogens with one attached hydrogen (secondary N) is 1. The van der Waals surface area contributed by atoms with Crippen LogP contribution in [0.5, 0.6) is 5.75 Å². The summed E-state index contributed by atoms with van der Waals surface area (Å²) in [4.78, 5) is 12.3. The topological polar surface area (TPSA) is 49.3 Å². The van der Waals surface area contributed by atoms with Crippen LogP contribution in [0.25, 0.3) is 0 Å². The van der Waals surface area contributed by atoms with Crippen LogP contribution in [-0.4, -0.2) is 11.0 Å². The van der Waals surface area contributed by atoms with Crippen molar-refractivity contribution in [3.63, 3.8) is 0 Å². The van der Waals surface area contributed by atoms with E-state index in [1.165, 1.54) is 6.07 Å². The third-order valence-electron chi connectivity index (χ3n) is 3.46. The van der Waals surface area contributed by atoms with Crippen molar-refractivity contribution in [3.8, 4) is 5.75 Å². The molecule has 1 amide bonds. The van der Waals surface area contributed by atoms with Crippen LogP contribution in [0.3, 0.4) is 0 Å². The van der Waals surface area contributed by atoms with Crippen molar-refractivity contribution in [1.29, 1.82) is 0 Å². The van der Waals surface area contributed by atoms with Crippen LogP contribution in [0.1, 0.15) is 40.0 Å². The Hall–Kier alpha value is -2.29. The van der Waals surface area contributed by atoms with Crippen LogP contribution in [0.15, 0.2) is 42.5 Å². The molecule has 0 saturated heterocycles. The van der Waals surface area contributed by atoms with Crippen molar-refractivity contribution in [3.05, 3.63) is 64.7 Å². The first-order valence-corrected chi connectivity index (χ1v) is 6.65. The van der Waals surface area contributed by atoms with Gasteiger partial charge in [0.2, 0.25) is 0 Å². The van der Waals surface area contributed by atoms with Gasteiger partial charge in [-0.25, -0.2) is 0 Å². The molecule has 2 aromatic rings. The summed E-state index contributed by atoms with van der Waals surface area (Å²) < 4.78 is 0. The first kappa shape index (κ1) is 14.1. The second-order valence-corrected chi connectivity index (χ2v) is 5.05. The molecule has 3 heteroatoms. The van der Waals surface area contributed by atoms with E-state index in [0.29, 0.717) is 5.56 Å². The number of hydrogen-bond acceptors (Lipinski definition) is 2. The number of benzene rings is 2. The molecule has 0 aliphatic heterocycles. The van der Waals surface area contributed by atoms with Gasteiger partial charge in [0.25, 0.3) is 5.91 Å². The van der Waals surface area contributed by atoms with Gasteiger partial charge in [-0.15, -0.1) is 0 Å². The molecular formula is C17H19NO2. The number of phenols is 1. The van der Waals surface area contributed by atoms with Crippen LogP contribution in [0.4, 0.5) is 0 Å². The van der Waals surface area contributed by atoms with Gasteiger partial charge in [0.1, 0.15) is 5.75 Å². The summed E-state index contributed by atoms with van der Waals surface area (Å²) in [6.07, 6.45) is 0. The number of amides is 1. The van der Waals surface area contributed by atoms with E-state index in [1.807, 2.05) is 45.0 Å². The Balaban J connectivity index is 2.17. The third kappa shape index (κ3) is 2.99. The molecule has 0 aliphatic carbocycles. The monoisotopic (exact) mass is 269 g/mol. The summed E-state index contributed by atoms with van der Waals surface area (Å²) in [6, 6.07) is 12.7. The van der Waals surface area contributed by atoms with Crippen LogP contribution >= 0.6 is 0 Å². The fourth-order valence-corrected chi connectivity index (χ4v) is 2.33. The molecule has 104 valence electrons. The number of hydrogen-bond donors (Lipinski definition) is 2. The fourth-order valence-electron chi connectivity index (χ4n) is 2.33. The lowest BCUT2D eigenvalue weighted by molar-refractivity contribution is 0.0939. The smallest absolute Gasteiger partial charge is 0.252 e. The Bertz CT molecular complexity index is 635. The van der Waals surface area contributed by atoms with Gasteiger partial charge in [0.05, 0.1) is 6.04 Å². The summed E-state index contributed by atoms with van der Waals surface area (Å²) in [7, 11) is 0. The zero-order valence-electron chi connectivity index (χ0n) is 12.0. The highest BCUT2D eigenvalue weighted by Gasteiger charge is 2.14. The van der Waals surface area contributed by atoms with E-state index in [2.05, 4.69) is 5.32 Å². The predicted molar refractivity (Wildman–Crippen MR) is 79.9 cm³/mol. The van der Waals surface area contributed by atoms with Gasteiger partial charge in [0, 0.05) is 5.56 Å². The summed E-state index contributed by atoms with van der Waals surface area (Å²) >= 11 is 0. The van der Waals surface area contributed by atoms with Crippen LogP contribution < -0.4 is 5.32 Å². The Morgan fingerprint density at radius 3 is 2.45 bits per heavy atom. The molecule has 0 spiro atoms. The van der Waals surface area contributed by atoms with Gasteiger partial charge in [-0.2, -0.15) is 0 Å². The number of rotatable bonds is 3. The number of aromatic hydroxyl groups is 1. The molecular weight excluding hydrogens is 250 g/mol. The number of phenolic OH excluding ortho intramolecular Hbond substituents is 1. The maximum absolute atomic E-state index is 12.3. The van der Waals surface area contributed by atoms with Crippen LogP contribution in [-0.2, 0) is 0 Å². The summed E-state index contributed by atoms with van der Waals surface area (Å²) in [5, 5.41) is 12.4. The van der Waals surface area contributed by atoms with Crippen molar-refractivity contribution >= 4 is 5.91 Å². The van der Waals surface area contributed by atoms with Crippen molar-refractivity contribution in [1.82, 2.24) is 5.32 Å². The van der Waals surface area contributed by atoms with Gasteiger partial charge < -0.3 is 10.4 Å². The molecule has 2 rings (SSSR count). The standard InChI is InChI=1S/C17H19NO2/c1-11-6-4-5-7-15(11)13(3)18-17(20)16-9-8-14(19)10-12(16)2/h4-10,13,19H,1-3H3,(H,18,20). The maximum atomic E-state index is 12.3. The van der Waals surface area contributed by atoms with Crippen molar-refractivity contribution in [2.24, 2.45) is 0 Å². The average molecular weight is 269 g/mol. The lowest BCUT2D eigenvalue weighted by Gasteiger charge is -2.17. The van der Waals surface area contributed by atoms with Gasteiger partial charge in [-0.3, -0.25) is 4.79 Å². The Morgan fingerprint density at radius 1 is 1.10 bits per heavy atom. The highest BCUT2D eigenvalue weighted by atomic mass is 16.3. The van der Waals surface area contributed by atoms with E-state index in [9.17, 15) is 9.90 Å². The molecule has 0 fully saturated rings. The average Bonchev–Trinajstić information content (AvgIpc) is 2.38. The minimum atomic E-state index is -0.127. The van der Waals surface area contributed by atoms with Crippen LogP contribution in [0, 0.1) is 13.8 Å². The highest BCUT2D eigenvalue weighted by molar-refractivity contribution is 5.96. The zero-order chi connectivity index (χ0) is 14.7. The quantitative estimate of drug-likeness (QED) is 0.896. The third-order valence-corrected chi connectivity index (χ3v) is 3.46. The van der Waals surface area contributed by atoms with Crippen LogP contribution in [0.2, 0.25) is 0 Å². The molecule has 0 aromatic heterocycles. The molecule has 1 atom stereocenters. The molecule has 0 saturated carbocycles. The Labute approximate surface area is 119 Å². The summed E-state index contributed by atoms with van der Waals surface area (Å²) in [6.45, 7) is 5.81. The van der Waals surface area contributed by atoms with Crippen molar-refractivity contribution in [2.45, 2.75) is 26.8 Å². The normalized spacial score (nSPS) is 11.9. The van der Waals surface area contributed by atoms with E-state index in [-0.39, 0.29) is 17.7 Å². The minimum absolute atomic E-state index is 0.0584. The molecule has 2 aromatic carbocycles. The van der Waals surface area contributed by atoms with Crippen molar-refractivity contribution in [2.75, 3.05) is 0 Å². The highest BCUT2D eigenvalue weighted by Crippen LogP contribution is 2.19. The molecule has 2 N–H and O–H groups in total. The number of carbonyl (C=O) groups is 1. The van der Waals surface area contributed by atoms with Gasteiger partial charge >= 0.3 is 0 Å². The molecule has 0 heterocycles. The van der Waals surface area contributed by atoms with Gasteiger partial charge in [-0.05, 0) is 55.7 Å². The van der Waals surface area contributed by atoms with E-state index >= 15 is 0 Å². The largest absolute Gasteiger partial charge is 0.508 e. The first-order chi connectivity index (χ1) is 9.49. The number of carbonyl (C=O) groups excluding carboxylic acids is 1. The van der Waals surface area contributed by atoms with E-state index in [1.54, 1.807) is 12.1 Å². The Kier molecular flexibility index (Phi) is 4.08. The molecule has 0 radical (unpaired) electrons. The fraction of sp³-hybridized carbons (Fsp3) is 0.235. The Morgan fingerprint density at radius 2 is 1.80 bits per heavy atom. The molecule has 0 aliphatic rings. The SMILES string of the molecule is Cc1cc(O)ccc1C(=O)NC(C)c1ccccc1C. The van der Waals surface area contributed by atoms with Gasteiger partial charge in [-0.1, -0.05) is 24.3 Å². The second kappa shape index (κ2) is 5.78. The predicted octanol–water partition coefficient (Wildman–Crippen LogP) is 3.50. The van der Waals surface area contributed by atoms with E-state index in [0.717, 1.165) is 16.7 Å². The molecule has 1 unspecified atom stereocenters. The molecule has 0 bridgehead atoms. The van der Waals surface area contributed by atoms with E-state index in [4.69, 9.17) is 0 Å². The number of aryl methyl sites for hydroxylation is 2. The summed E-state index contributed by atoms with van der Waals surface area (Å²) in [5.41, 5.74) is 3.61. The lowest BCUT2D eigenvalue weighted by Crippen LogP contribution is -2.27. The maximum Gasteiger partial charge on any atom is 0.252 e.